The van der Waals surface area contributed by atoms with Crippen molar-refractivity contribution in [3.8, 4) is 0 Å². The number of nitro benzene ring substituents is 1. The van der Waals surface area contributed by atoms with E-state index < -0.39 is 0 Å². The number of amides is 1. The lowest BCUT2D eigenvalue weighted by Crippen LogP contribution is -2.26. The fourth-order valence-corrected chi connectivity index (χ4v) is 1.70. The van der Waals surface area contributed by atoms with E-state index in [1.54, 1.807) is 32.0 Å². The Bertz CT molecular complexity index is 472. The van der Waals surface area contributed by atoms with Crippen molar-refractivity contribution < 1.29 is 9.72 Å². The summed E-state index contributed by atoms with van der Waals surface area (Å²) in [5.74, 6) is 0.0586. The summed E-state index contributed by atoms with van der Waals surface area (Å²) in [5.41, 5.74) is 1.68. The molecule has 0 atom stereocenters. The molecule has 104 valence electrons. The molecule has 0 aliphatic rings. The van der Waals surface area contributed by atoms with Crippen LogP contribution in [0.2, 0.25) is 0 Å². The topological polar surface area (TPSA) is 75.5 Å². The molecule has 0 radical (unpaired) electrons. The molecule has 0 heterocycles. The predicted molar refractivity (Wildman–Crippen MR) is 72.9 cm³/mol. The average Bonchev–Trinajstić information content (AvgIpc) is 2.35. The van der Waals surface area contributed by atoms with E-state index in [1.165, 1.54) is 6.07 Å². The quantitative estimate of drug-likeness (QED) is 0.480. The largest absolute Gasteiger partial charge is 0.349 e. The Labute approximate surface area is 112 Å². The second kappa shape index (κ2) is 6.84. The Morgan fingerprint density at radius 2 is 2.11 bits per heavy atom. The van der Waals surface area contributed by atoms with Gasteiger partial charge in [-0.15, -0.1) is 0 Å². The van der Waals surface area contributed by atoms with E-state index in [9.17, 15) is 14.9 Å². The van der Waals surface area contributed by atoms with Gasteiger partial charge in [-0.05, 0) is 12.5 Å². The average molecular weight is 265 g/mol. The maximum atomic E-state index is 11.4. The molecule has 0 aliphatic carbocycles. The van der Waals surface area contributed by atoms with Gasteiger partial charge >= 0.3 is 0 Å². The predicted octanol–water partition coefficient (Wildman–Crippen LogP) is 1.47. The molecule has 0 saturated heterocycles. The Hall–Kier alpha value is -1.95. The first-order chi connectivity index (χ1) is 8.93. The third-order valence-corrected chi connectivity index (χ3v) is 2.94. The molecule has 1 aromatic carbocycles. The summed E-state index contributed by atoms with van der Waals surface area (Å²) in [4.78, 5) is 23.3. The molecule has 0 aromatic heterocycles. The van der Waals surface area contributed by atoms with Gasteiger partial charge < -0.3 is 10.2 Å². The first-order valence-electron chi connectivity index (χ1n) is 6.07. The van der Waals surface area contributed by atoms with Gasteiger partial charge in [0.25, 0.3) is 5.69 Å². The zero-order chi connectivity index (χ0) is 14.4. The maximum absolute atomic E-state index is 11.4. The fraction of sp³-hybridized carbons (Fsp3) is 0.462. The fourth-order valence-electron chi connectivity index (χ4n) is 1.70. The molecule has 19 heavy (non-hydrogen) atoms. The first-order valence-corrected chi connectivity index (χ1v) is 6.07. The van der Waals surface area contributed by atoms with Gasteiger partial charge in [-0.2, -0.15) is 0 Å². The van der Waals surface area contributed by atoms with Crippen molar-refractivity contribution in [2.24, 2.45) is 0 Å². The van der Waals surface area contributed by atoms with Crippen LogP contribution in [-0.2, 0) is 11.3 Å². The Morgan fingerprint density at radius 3 is 2.68 bits per heavy atom. The van der Waals surface area contributed by atoms with E-state index in [-0.39, 0.29) is 16.5 Å². The van der Waals surface area contributed by atoms with Crippen LogP contribution in [0.25, 0.3) is 0 Å². The second-order valence-electron chi connectivity index (χ2n) is 4.53. The molecule has 1 N–H and O–H groups in total. The zero-order valence-corrected chi connectivity index (χ0v) is 11.5. The summed E-state index contributed by atoms with van der Waals surface area (Å²) in [5, 5.41) is 13.9. The molecular weight excluding hydrogens is 246 g/mol. The number of benzene rings is 1. The molecule has 0 spiro atoms. The zero-order valence-electron chi connectivity index (χ0n) is 11.5. The normalized spacial score (nSPS) is 10.3. The van der Waals surface area contributed by atoms with Crippen molar-refractivity contribution in [1.29, 1.82) is 0 Å². The molecular formula is C13H19N3O3. The lowest BCUT2D eigenvalue weighted by Gasteiger charge is -2.11. The van der Waals surface area contributed by atoms with E-state index in [0.717, 1.165) is 5.56 Å². The summed E-state index contributed by atoms with van der Waals surface area (Å²) in [7, 11) is 3.43. The minimum Gasteiger partial charge on any atom is -0.349 e. The third kappa shape index (κ3) is 4.33. The molecule has 1 rings (SSSR count). The highest BCUT2D eigenvalue weighted by molar-refractivity contribution is 5.75. The molecule has 0 fully saturated rings. The first kappa shape index (κ1) is 15.1. The number of carbonyl (C=O) groups excluding carboxylic acids is 1. The highest BCUT2D eigenvalue weighted by Crippen LogP contribution is 2.20. The number of nitrogens with one attached hydrogen (secondary N) is 1. The van der Waals surface area contributed by atoms with Crippen LogP contribution in [0, 0.1) is 17.0 Å². The maximum Gasteiger partial charge on any atom is 0.272 e. The van der Waals surface area contributed by atoms with Gasteiger partial charge in [0.2, 0.25) is 5.91 Å². The van der Waals surface area contributed by atoms with Crippen LogP contribution in [0.1, 0.15) is 17.5 Å². The van der Waals surface area contributed by atoms with Crippen molar-refractivity contribution in [2.45, 2.75) is 19.9 Å². The van der Waals surface area contributed by atoms with E-state index in [1.807, 2.05) is 6.07 Å². The summed E-state index contributed by atoms with van der Waals surface area (Å²) in [6, 6.07) is 5.02. The summed E-state index contributed by atoms with van der Waals surface area (Å²) < 4.78 is 0. The van der Waals surface area contributed by atoms with Gasteiger partial charge in [0.15, 0.2) is 0 Å². The molecule has 6 heteroatoms. The number of hydrogen-bond donors (Lipinski definition) is 1. The standard InChI is InChI=1S/C13H19N3O3/c1-10-11(5-4-6-12(10)16(18)19)9-14-8-7-13(17)15(2)3/h4-6,14H,7-9H2,1-3H3. The van der Waals surface area contributed by atoms with E-state index in [0.29, 0.717) is 25.1 Å². The molecule has 0 unspecified atom stereocenters. The van der Waals surface area contributed by atoms with Gasteiger partial charge in [-0.25, -0.2) is 0 Å². The van der Waals surface area contributed by atoms with Crippen LogP contribution in [0.4, 0.5) is 5.69 Å². The van der Waals surface area contributed by atoms with Crippen LogP contribution in [-0.4, -0.2) is 36.4 Å². The smallest absolute Gasteiger partial charge is 0.272 e. The minimum absolute atomic E-state index is 0.0586. The highest BCUT2D eigenvalue weighted by atomic mass is 16.6. The molecule has 0 bridgehead atoms. The number of carbonyl (C=O) groups is 1. The van der Waals surface area contributed by atoms with Crippen molar-refractivity contribution in [1.82, 2.24) is 10.2 Å². The van der Waals surface area contributed by atoms with Crippen molar-refractivity contribution in [3.63, 3.8) is 0 Å². The van der Waals surface area contributed by atoms with Gasteiger partial charge in [-0.1, -0.05) is 12.1 Å². The second-order valence-corrected chi connectivity index (χ2v) is 4.53. The third-order valence-electron chi connectivity index (χ3n) is 2.94. The minimum atomic E-state index is -0.381. The van der Waals surface area contributed by atoms with Gasteiger partial charge in [0, 0.05) is 45.2 Å². The van der Waals surface area contributed by atoms with Gasteiger partial charge in [0.1, 0.15) is 0 Å². The Balaban J connectivity index is 2.53. The van der Waals surface area contributed by atoms with E-state index in [2.05, 4.69) is 5.32 Å². The van der Waals surface area contributed by atoms with Gasteiger partial charge in [-0.3, -0.25) is 14.9 Å². The van der Waals surface area contributed by atoms with Crippen LogP contribution in [0.15, 0.2) is 18.2 Å². The van der Waals surface area contributed by atoms with Crippen LogP contribution < -0.4 is 5.32 Å². The molecule has 6 nitrogen and oxygen atoms in total. The Kier molecular flexibility index (Phi) is 5.44. The molecule has 0 aliphatic heterocycles. The van der Waals surface area contributed by atoms with Crippen LogP contribution in [0.3, 0.4) is 0 Å². The summed E-state index contributed by atoms with van der Waals surface area (Å²) in [6.07, 6.45) is 0.418. The SMILES string of the molecule is Cc1c(CNCCC(=O)N(C)C)cccc1[N+](=O)[O-]. The van der Waals surface area contributed by atoms with Crippen LogP contribution >= 0.6 is 0 Å². The molecule has 1 aromatic rings. The van der Waals surface area contributed by atoms with E-state index in [4.69, 9.17) is 0 Å². The number of hydrogen-bond acceptors (Lipinski definition) is 4. The van der Waals surface area contributed by atoms with Crippen LogP contribution in [0.5, 0.6) is 0 Å². The van der Waals surface area contributed by atoms with E-state index >= 15 is 0 Å². The van der Waals surface area contributed by atoms with Crippen molar-refractivity contribution in [2.75, 3.05) is 20.6 Å². The Morgan fingerprint density at radius 1 is 1.42 bits per heavy atom. The lowest BCUT2D eigenvalue weighted by atomic mass is 10.1. The van der Waals surface area contributed by atoms with Gasteiger partial charge in [0.05, 0.1) is 4.92 Å². The van der Waals surface area contributed by atoms with Crippen molar-refractivity contribution in [3.05, 3.63) is 39.4 Å². The number of nitro groups is 1. The number of nitrogens with zero attached hydrogens (tertiary/aromatic N) is 2. The highest BCUT2D eigenvalue weighted by Gasteiger charge is 2.12. The number of rotatable bonds is 6. The lowest BCUT2D eigenvalue weighted by molar-refractivity contribution is -0.385. The molecule has 0 saturated carbocycles. The monoisotopic (exact) mass is 265 g/mol. The molecule has 1 amide bonds. The van der Waals surface area contributed by atoms with Crippen molar-refractivity contribution >= 4 is 11.6 Å². The summed E-state index contributed by atoms with van der Waals surface area (Å²) >= 11 is 0. The summed E-state index contributed by atoms with van der Waals surface area (Å²) in [6.45, 7) is 2.81.